The second-order valence-electron chi connectivity index (χ2n) is 6.34. The van der Waals surface area contributed by atoms with Gasteiger partial charge in [-0.1, -0.05) is 42.0 Å². The number of amides is 1. The molecule has 2 aromatic carbocycles. The van der Waals surface area contributed by atoms with Crippen molar-refractivity contribution in [2.24, 2.45) is 0 Å². The van der Waals surface area contributed by atoms with Crippen LogP contribution in [0.15, 0.2) is 64.5 Å². The number of benzene rings is 2. The molecule has 0 saturated carbocycles. The fourth-order valence-electron chi connectivity index (χ4n) is 3.43. The maximum Gasteiger partial charge on any atom is 0.255 e. The van der Waals surface area contributed by atoms with Crippen molar-refractivity contribution in [3.63, 3.8) is 0 Å². The van der Waals surface area contributed by atoms with Crippen LogP contribution in [0.3, 0.4) is 0 Å². The zero-order valence-electron chi connectivity index (χ0n) is 13.9. The minimum Gasteiger partial charge on any atom is -0.327 e. The third-order valence-electron chi connectivity index (χ3n) is 4.72. The van der Waals surface area contributed by atoms with Crippen LogP contribution in [0, 0.1) is 6.92 Å². The molecule has 1 aliphatic rings. The summed E-state index contributed by atoms with van der Waals surface area (Å²) in [6.45, 7) is 2.83. The van der Waals surface area contributed by atoms with Gasteiger partial charge < -0.3 is 4.90 Å². The number of carbonyl (C=O) groups excluding carboxylic acids is 1. The number of aryl methyl sites for hydroxylation is 1. The first-order chi connectivity index (χ1) is 12.1. The summed E-state index contributed by atoms with van der Waals surface area (Å²) < 4.78 is 0.846. The highest BCUT2D eigenvalue weighted by atomic mass is 79.9. The van der Waals surface area contributed by atoms with Gasteiger partial charge in [0.25, 0.3) is 5.91 Å². The van der Waals surface area contributed by atoms with Gasteiger partial charge in [-0.2, -0.15) is 0 Å². The lowest BCUT2D eigenvalue weighted by atomic mass is 9.92. The van der Waals surface area contributed by atoms with Gasteiger partial charge in [0, 0.05) is 15.9 Å². The van der Waals surface area contributed by atoms with Crippen molar-refractivity contribution < 1.29 is 4.79 Å². The van der Waals surface area contributed by atoms with Crippen LogP contribution in [0.1, 0.15) is 38.0 Å². The molecule has 0 bridgehead atoms. The molecule has 2 nitrogen and oxygen atoms in total. The molecule has 4 rings (SSSR count). The molecule has 0 saturated heterocycles. The molecule has 0 fully saturated rings. The molecule has 126 valence electrons. The Labute approximate surface area is 160 Å². The largest absolute Gasteiger partial charge is 0.327 e. The molecule has 1 aliphatic heterocycles. The summed E-state index contributed by atoms with van der Waals surface area (Å²) in [6, 6.07) is 18.4. The molecule has 1 amide bonds. The average Bonchev–Trinajstić information content (AvgIpc) is 3.10. The fraction of sp³-hybridized carbons (Fsp3) is 0.190. The first-order valence-electron chi connectivity index (χ1n) is 8.33. The van der Waals surface area contributed by atoms with Crippen LogP contribution in [-0.4, -0.2) is 17.4 Å². The molecule has 1 aromatic heterocycles. The number of carbonyl (C=O) groups is 1. The minimum atomic E-state index is -0.0183. The molecular formula is C21H18BrNOS. The Morgan fingerprint density at radius 1 is 1.12 bits per heavy atom. The molecule has 0 N–H and O–H groups in total. The lowest BCUT2D eigenvalue weighted by Crippen LogP contribution is -2.40. The maximum absolute atomic E-state index is 13.3. The second-order valence-corrected chi connectivity index (χ2v) is 8.20. The number of thiophene rings is 1. The molecular weight excluding hydrogens is 394 g/mol. The van der Waals surface area contributed by atoms with Crippen LogP contribution in [0.2, 0.25) is 0 Å². The van der Waals surface area contributed by atoms with Crippen molar-refractivity contribution in [3.05, 3.63) is 91.6 Å². The molecule has 0 aliphatic carbocycles. The summed E-state index contributed by atoms with van der Waals surface area (Å²) in [7, 11) is 0. The summed E-state index contributed by atoms with van der Waals surface area (Å²) >= 11 is 5.32. The van der Waals surface area contributed by atoms with Crippen LogP contribution in [0.4, 0.5) is 0 Å². The zero-order valence-corrected chi connectivity index (χ0v) is 16.3. The molecule has 3 aromatic rings. The van der Waals surface area contributed by atoms with Crippen molar-refractivity contribution in [3.8, 4) is 0 Å². The highest BCUT2D eigenvalue weighted by Gasteiger charge is 2.33. The van der Waals surface area contributed by atoms with E-state index in [4.69, 9.17) is 0 Å². The first-order valence-corrected chi connectivity index (χ1v) is 10.0. The van der Waals surface area contributed by atoms with E-state index in [0.29, 0.717) is 0 Å². The average molecular weight is 412 g/mol. The van der Waals surface area contributed by atoms with Crippen molar-refractivity contribution in [2.75, 3.05) is 6.54 Å². The van der Waals surface area contributed by atoms with Gasteiger partial charge in [-0.3, -0.25) is 4.79 Å². The Morgan fingerprint density at radius 3 is 2.64 bits per heavy atom. The van der Waals surface area contributed by atoms with E-state index in [1.165, 1.54) is 21.6 Å². The van der Waals surface area contributed by atoms with Gasteiger partial charge in [0.05, 0.1) is 11.6 Å². The summed E-state index contributed by atoms with van der Waals surface area (Å²) in [5.74, 6) is 0.0786. The monoisotopic (exact) mass is 411 g/mol. The Morgan fingerprint density at radius 2 is 1.88 bits per heavy atom. The number of hydrogen-bond donors (Lipinski definition) is 0. The van der Waals surface area contributed by atoms with E-state index >= 15 is 0 Å². The number of fused-ring (bicyclic) bond motifs is 1. The third-order valence-corrected chi connectivity index (χ3v) is 6.41. The number of hydrogen-bond acceptors (Lipinski definition) is 2. The number of halogens is 1. The van der Waals surface area contributed by atoms with Crippen molar-refractivity contribution in [2.45, 2.75) is 19.4 Å². The molecule has 0 spiro atoms. The van der Waals surface area contributed by atoms with Gasteiger partial charge in [-0.25, -0.2) is 0 Å². The minimum absolute atomic E-state index is 0.0183. The molecule has 0 radical (unpaired) electrons. The smallest absolute Gasteiger partial charge is 0.255 e. The summed E-state index contributed by atoms with van der Waals surface area (Å²) in [4.78, 5) is 16.7. The molecule has 2 heterocycles. The SMILES string of the molecule is Cc1ccc([C@H]2c3ccsc3CCN2C(=O)c2ccccc2Br)cc1. The molecule has 25 heavy (non-hydrogen) atoms. The highest BCUT2D eigenvalue weighted by Crippen LogP contribution is 2.39. The van der Waals surface area contributed by atoms with Crippen LogP contribution in [-0.2, 0) is 6.42 Å². The maximum atomic E-state index is 13.3. The van der Waals surface area contributed by atoms with E-state index in [2.05, 4.69) is 58.6 Å². The Balaban J connectivity index is 1.79. The topological polar surface area (TPSA) is 20.3 Å². The van der Waals surface area contributed by atoms with Crippen LogP contribution < -0.4 is 0 Å². The van der Waals surface area contributed by atoms with Crippen LogP contribution in [0.25, 0.3) is 0 Å². The van der Waals surface area contributed by atoms with Crippen molar-refractivity contribution >= 4 is 33.2 Å². The Kier molecular flexibility index (Phi) is 4.48. The van der Waals surface area contributed by atoms with E-state index in [0.717, 1.165) is 23.0 Å². The third kappa shape index (κ3) is 3.05. The number of nitrogens with zero attached hydrogens (tertiary/aromatic N) is 1. The normalized spacial score (nSPS) is 16.6. The van der Waals surface area contributed by atoms with E-state index < -0.39 is 0 Å². The Bertz CT molecular complexity index is 916. The van der Waals surface area contributed by atoms with E-state index in [1.807, 2.05) is 29.2 Å². The summed E-state index contributed by atoms with van der Waals surface area (Å²) in [5.41, 5.74) is 4.39. The summed E-state index contributed by atoms with van der Waals surface area (Å²) in [6.07, 6.45) is 0.922. The molecule has 0 unspecified atom stereocenters. The predicted octanol–water partition coefficient (Wildman–Crippen LogP) is 5.61. The zero-order chi connectivity index (χ0) is 17.4. The fourth-order valence-corrected chi connectivity index (χ4v) is 4.79. The van der Waals surface area contributed by atoms with Gasteiger partial charge in [-0.05, 0) is 64.0 Å². The summed E-state index contributed by atoms with van der Waals surface area (Å²) in [5, 5.41) is 2.14. The van der Waals surface area contributed by atoms with Gasteiger partial charge >= 0.3 is 0 Å². The van der Waals surface area contributed by atoms with Gasteiger partial charge in [-0.15, -0.1) is 11.3 Å². The molecule has 1 atom stereocenters. The van der Waals surface area contributed by atoms with E-state index in [1.54, 1.807) is 11.3 Å². The highest BCUT2D eigenvalue weighted by molar-refractivity contribution is 9.10. The number of rotatable bonds is 2. The lowest BCUT2D eigenvalue weighted by Gasteiger charge is -2.36. The molecule has 4 heteroatoms. The van der Waals surface area contributed by atoms with Crippen molar-refractivity contribution in [1.82, 2.24) is 4.90 Å². The van der Waals surface area contributed by atoms with Crippen molar-refractivity contribution in [1.29, 1.82) is 0 Å². The second kappa shape index (κ2) is 6.77. The van der Waals surface area contributed by atoms with Crippen LogP contribution in [0.5, 0.6) is 0 Å². The van der Waals surface area contributed by atoms with Gasteiger partial charge in [0.1, 0.15) is 0 Å². The van der Waals surface area contributed by atoms with E-state index in [-0.39, 0.29) is 11.9 Å². The Hall–Kier alpha value is -1.91. The quantitative estimate of drug-likeness (QED) is 0.536. The van der Waals surface area contributed by atoms with Gasteiger partial charge in [0.15, 0.2) is 0 Å². The lowest BCUT2D eigenvalue weighted by molar-refractivity contribution is 0.0695. The first kappa shape index (κ1) is 16.6. The van der Waals surface area contributed by atoms with Gasteiger partial charge in [0.2, 0.25) is 0 Å². The van der Waals surface area contributed by atoms with E-state index in [9.17, 15) is 4.79 Å². The predicted molar refractivity (Wildman–Crippen MR) is 106 cm³/mol. The standard InChI is InChI=1S/C21H18BrNOS/c1-14-6-8-15(9-7-14)20-17-11-13-25-19(17)10-12-23(20)21(24)16-4-2-3-5-18(16)22/h2-9,11,13,20H,10,12H2,1H3/t20-/m0/s1. The van der Waals surface area contributed by atoms with Crippen LogP contribution >= 0.6 is 27.3 Å².